The van der Waals surface area contributed by atoms with Gasteiger partial charge in [0, 0.05) is 13.6 Å². The van der Waals surface area contributed by atoms with Crippen LogP contribution in [0.2, 0.25) is 0 Å². The Morgan fingerprint density at radius 3 is 2.92 bits per heavy atom. The lowest BCUT2D eigenvalue weighted by Gasteiger charge is -2.16. The minimum Gasteiger partial charge on any atom is -0.434 e. The van der Waals surface area contributed by atoms with E-state index in [0.29, 0.717) is 18.5 Å². The van der Waals surface area contributed by atoms with Crippen LogP contribution in [0.3, 0.4) is 0 Å². The van der Waals surface area contributed by atoms with E-state index in [9.17, 15) is 13.6 Å². The summed E-state index contributed by atoms with van der Waals surface area (Å²) < 4.78 is 34.8. The van der Waals surface area contributed by atoms with E-state index >= 15 is 0 Å². The fourth-order valence-corrected chi connectivity index (χ4v) is 2.76. The summed E-state index contributed by atoms with van der Waals surface area (Å²) in [7, 11) is 1.74. The molecule has 0 radical (unpaired) electrons. The molecule has 8 heteroatoms. The predicted octanol–water partition coefficient (Wildman–Crippen LogP) is 3.06. The van der Waals surface area contributed by atoms with Gasteiger partial charge in [-0.15, -0.1) is 0 Å². The Kier molecular flexibility index (Phi) is 4.73. The Morgan fingerprint density at radius 1 is 1.33 bits per heavy atom. The summed E-state index contributed by atoms with van der Waals surface area (Å²) in [4.78, 5) is 18.3. The van der Waals surface area contributed by atoms with E-state index < -0.39 is 12.5 Å². The number of carbonyl (C=O) groups excluding carboxylic acids is 1. The second-order valence-corrected chi connectivity index (χ2v) is 5.64. The van der Waals surface area contributed by atoms with Crippen molar-refractivity contribution >= 4 is 5.91 Å². The summed E-state index contributed by atoms with van der Waals surface area (Å²) in [6.07, 6.45) is 2.42. The average Bonchev–Trinajstić information content (AvgIpc) is 2.97. The van der Waals surface area contributed by atoms with Gasteiger partial charge in [0.15, 0.2) is 0 Å². The van der Waals surface area contributed by atoms with Crippen molar-refractivity contribution in [3.63, 3.8) is 0 Å². The van der Waals surface area contributed by atoms with Crippen LogP contribution in [0.1, 0.15) is 31.1 Å². The van der Waals surface area contributed by atoms with Crippen LogP contribution in [-0.2, 0) is 4.79 Å². The zero-order valence-electron chi connectivity index (χ0n) is 13.1. The number of aromatic nitrogens is 2. The lowest BCUT2D eigenvalue weighted by Crippen LogP contribution is -2.30. The third kappa shape index (κ3) is 3.37. The van der Waals surface area contributed by atoms with Gasteiger partial charge in [0.25, 0.3) is 0 Å². The zero-order valence-corrected chi connectivity index (χ0v) is 13.1. The number of halogens is 2. The smallest absolute Gasteiger partial charge is 0.387 e. The quantitative estimate of drug-likeness (QED) is 0.858. The fourth-order valence-electron chi connectivity index (χ4n) is 2.76. The molecule has 3 rings (SSSR count). The maximum absolute atomic E-state index is 12.5. The number of para-hydroxylation sites is 1. The van der Waals surface area contributed by atoms with Gasteiger partial charge >= 0.3 is 6.61 Å². The average molecular weight is 337 g/mol. The van der Waals surface area contributed by atoms with Crippen molar-refractivity contribution in [2.75, 3.05) is 13.6 Å². The SMILES string of the molecule is CN1CCCCC(c2nc(-c3ccccc3OC(F)F)no2)C1=O. The van der Waals surface area contributed by atoms with Crippen LogP contribution in [-0.4, -0.2) is 41.2 Å². The van der Waals surface area contributed by atoms with Gasteiger partial charge in [-0.1, -0.05) is 23.7 Å². The van der Waals surface area contributed by atoms with Crippen molar-refractivity contribution in [3.05, 3.63) is 30.2 Å². The molecule has 128 valence electrons. The number of rotatable bonds is 4. The van der Waals surface area contributed by atoms with E-state index in [-0.39, 0.29) is 23.4 Å². The fraction of sp³-hybridized carbons (Fsp3) is 0.438. The van der Waals surface area contributed by atoms with Gasteiger partial charge in [0.2, 0.25) is 17.6 Å². The number of hydrogen-bond acceptors (Lipinski definition) is 5. The minimum absolute atomic E-state index is 0.0378. The van der Waals surface area contributed by atoms with Crippen molar-refractivity contribution in [2.24, 2.45) is 0 Å². The second-order valence-electron chi connectivity index (χ2n) is 5.64. The molecule has 1 fully saturated rings. The summed E-state index contributed by atoms with van der Waals surface area (Å²) in [5, 5.41) is 3.84. The highest BCUT2D eigenvalue weighted by molar-refractivity contribution is 5.82. The molecule has 1 atom stereocenters. The molecule has 2 aromatic rings. The van der Waals surface area contributed by atoms with Crippen LogP contribution in [0, 0.1) is 0 Å². The van der Waals surface area contributed by atoms with Gasteiger partial charge in [-0.2, -0.15) is 13.8 Å². The van der Waals surface area contributed by atoms with Crippen molar-refractivity contribution in [2.45, 2.75) is 31.8 Å². The number of likely N-dealkylation sites (N-methyl/N-ethyl adjacent to an activating group) is 1. The molecule has 0 aliphatic carbocycles. The number of amides is 1. The Labute approximate surface area is 137 Å². The molecule has 1 unspecified atom stereocenters. The number of nitrogens with zero attached hydrogens (tertiary/aromatic N) is 3. The first kappa shape index (κ1) is 16.4. The van der Waals surface area contributed by atoms with Crippen molar-refractivity contribution in [3.8, 4) is 17.1 Å². The highest BCUT2D eigenvalue weighted by Gasteiger charge is 2.31. The third-order valence-electron chi connectivity index (χ3n) is 3.99. The third-order valence-corrected chi connectivity index (χ3v) is 3.99. The highest BCUT2D eigenvalue weighted by atomic mass is 19.3. The standard InChI is InChI=1S/C16H17F2N3O3/c1-21-9-5-4-7-11(15(21)22)14-19-13(20-24-14)10-6-2-3-8-12(10)23-16(17)18/h2-3,6,8,11,16H,4-5,7,9H2,1H3. The summed E-state index contributed by atoms with van der Waals surface area (Å²) >= 11 is 0. The second kappa shape index (κ2) is 6.94. The molecule has 24 heavy (non-hydrogen) atoms. The Balaban J connectivity index is 1.90. The molecule has 1 saturated heterocycles. The minimum atomic E-state index is -2.95. The number of carbonyl (C=O) groups is 1. The van der Waals surface area contributed by atoms with Gasteiger partial charge in [0.05, 0.1) is 5.56 Å². The summed E-state index contributed by atoms with van der Waals surface area (Å²) in [6.45, 7) is -2.25. The lowest BCUT2D eigenvalue weighted by molar-refractivity contribution is -0.131. The molecule has 1 aliphatic heterocycles. The molecule has 0 spiro atoms. The normalized spacial score (nSPS) is 18.8. The van der Waals surface area contributed by atoms with E-state index in [0.717, 1.165) is 12.8 Å². The van der Waals surface area contributed by atoms with Gasteiger partial charge < -0.3 is 14.2 Å². The van der Waals surface area contributed by atoms with Crippen molar-refractivity contribution < 1.29 is 22.8 Å². The molecular formula is C16H17F2N3O3. The van der Waals surface area contributed by atoms with Crippen LogP contribution >= 0.6 is 0 Å². The van der Waals surface area contributed by atoms with Crippen LogP contribution in [0.4, 0.5) is 8.78 Å². The first-order valence-electron chi connectivity index (χ1n) is 7.69. The topological polar surface area (TPSA) is 68.5 Å². The molecule has 1 amide bonds. The molecule has 0 bridgehead atoms. The van der Waals surface area contributed by atoms with Gasteiger partial charge in [-0.3, -0.25) is 4.79 Å². The van der Waals surface area contributed by atoms with Crippen LogP contribution < -0.4 is 4.74 Å². The van der Waals surface area contributed by atoms with Gasteiger partial charge in [-0.25, -0.2) is 0 Å². The lowest BCUT2D eigenvalue weighted by atomic mass is 10.0. The number of hydrogen-bond donors (Lipinski definition) is 0. The predicted molar refractivity (Wildman–Crippen MR) is 80.6 cm³/mol. The number of ether oxygens (including phenoxy) is 1. The maximum atomic E-state index is 12.5. The van der Waals surface area contributed by atoms with Crippen LogP contribution in [0.15, 0.2) is 28.8 Å². The maximum Gasteiger partial charge on any atom is 0.387 e. The van der Waals surface area contributed by atoms with Crippen LogP contribution in [0.5, 0.6) is 5.75 Å². The molecule has 0 saturated carbocycles. The molecule has 1 aromatic heterocycles. The highest BCUT2D eigenvalue weighted by Crippen LogP contribution is 2.32. The van der Waals surface area contributed by atoms with E-state index in [1.54, 1.807) is 30.1 Å². The van der Waals surface area contributed by atoms with Gasteiger partial charge in [-0.05, 0) is 25.0 Å². The monoisotopic (exact) mass is 337 g/mol. The number of benzene rings is 1. The molecule has 0 N–H and O–H groups in total. The zero-order chi connectivity index (χ0) is 17.1. The number of likely N-dealkylation sites (tertiary alicyclic amines) is 1. The largest absolute Gasteiger partial charge is 0.434 e. The molecule has 1 aromatic carbocycles. The Hall–Kier alpha value is -2.51. The first-order valence-corrected chi connectivity index (χ1v) is 7.69. The van der Waals surface area contributed by atoms with Gasteiger partial charge in [0.1, 0.15) is 11.7 Å². The van der Waals surface area contributed by atoms with E-state index in [4.69, 9.17) is 4.52 Å². The van der Waals surface area contributed by atoms with Crippen molar-refractivity contribution in [1.82, 2.24) is 15.0 Å². The Bertz CT molecular complexity index is 720. The van der Waals surface area contributed by atoms with Crippen molar-refractivity contribution in [1.29, 1.82) is 0 Å². The summed E-state index contributed by atoms with van der Waals surface area (Å²) in [5.41, 5.74) is 0.294. The summed E-state index contributed by atoms with van der Waals surface area (Å²) in [6, 6.07) is 6.20. The molecule has 1 aliphatic rings. The number of alkyl halides is 2. The van der Waals surface area contributed by atoms with E-state index in [1.165, 1.54) is 6.07 Å². The molecule has 6 nitrogen and oxygen atoms in total. The molecule has 2 heterocycles. The first-order chi connectivity index (χ1) is 11.6. The summed E-state index contributed by atoms with van der Waals surface area (Å²) in [5.74, 6) is -0.276. The van der Waals surface area contributed by atoms with Crippen LogP contribution in [0.25, 0.3) is 11.4 Å². The molecular weight excluding hydrogens is 320 g/mol. The van der Waals surface area contributed by atoms with E-state index in [1.807, 2.05) is 0 Å². The Morgan fingerprint density at radius 2 is 2.12 bits per heavy atom. The van der Waals surface area contributed by atoms with E-state index in [2.05, 4.69) is 14.9 Å².